The summed E-state index contributed by atoms with van der Waals surface area (Å²) in [5.41, 5.74) is 1.57. The Morgan fingerprint density at radius 3 is 2.48 bits per heavy atom. The third-order valence-corrected chi connectivity index (χ3v) is 4.20. The molecule has 6 heteroatoms. The zero-order valence-electron chi connectivity index (χ0n) is 11.6. The Kier molecular flexibility index (Phi) is 3.55. The van der Waals surface area contributed by atoms with Crippen LogP contribution in [0.2, 0.25) is 0 Å². The van der Waals surface area contributed by atoms with E-state index in [1.807, 2.05) is 18.2 Å². The molecule has 6 nitrogen and oxygen atoms in total. The van der Waals surface area contributed by atoms with Crippen LogP contribution >= 0.6 is 0 Å². The van der Waals surface area contributed by atoms with Crippen LogP contribution in [0.4, 0.5) is 10.5 Å². The molecular weight excluding hydrogens is 272 g/mol. The van der Waals surface area contributed by atoms with E-state index in [4.69, 9.17) is 0 Å². The number of benzene rings is 1. The number of aliphatic hydroxyl groups is 1. The van der Waals surface area contributed by atoms with Crippen molar-refractivity contribution in [3.8, 4) is 0 Å². The quantitative estimate of drug-likeness (QED) is 0.811. The Bertz CT molecular complexity index is 567. The van der Waals surface area contributed by atoms with Gasteiger partial charge in [-0.25, -0.2) is 9.59 Å². The minimum absolute atomic E-state index is 0.278. The van der Waals surface area contributed by atoms with E-state index in [1.165, 1.54) is 4.90 Å². The molecule has 2 heterocycles. The molecule has 3 rings (SSSR count). The standard InChI is InChI=1S/C15H18N2O4/c18-11-5-7-16(8-6-11)15(21)17-12-4-2-1-3-10(12)9-13(17)14(19)20/h1-4,11,13,18H,5-9H2,(H,19,20). The highest BCUT2D eigenvalue weighted by Crippen LogP contribution is 2.33. The van der Waals surface area contributed by atoms with E-state index in [0.717, 1.165) is 5.56 Å². The van der Waals surface area contributed by atoms with Crippen molar-refractivity contribution >= 4 is 17.7 Å². The monoisotopic (exact) mass is 290 g/mol. The molecule has 0 aromatic heterocycles. The number of hydrogen-bond acceptors (Lipinski definition) is 3. The van der Waals surface area contributed by atoms with Crippen LogP contribution in [0.1, 0.15) is 18.4 Å². The molecule has 0 radical (unpaired) electrons. The lowest BCUT2D eigenvalue weighted by atomic mass is 10.1. The first-order valence-corrected chi connectivity index (χ1v) is 7.15. The number of piperidine rings is 1. The van der Waals surface area contributed by atoms with Gasteiger partial charge in [0.05, 0.1) is 6.10 Å². The van der Waals surface area contributed by atoms with E-state index in [-0.39, 0.29) is 12.1 Å². The summed E-state index contributed by atoms with van der Waals surface area (Å²) in [5.74, 6) is -0.989. The summed E-state index contributed by atoms with van der Waals surface area (Å²) < 4.78 is 0. The molecule has 2 aliphatic heterocycles. The largest absolute Gasteiger partial charge is 0.480 e. The molecular formula is C15H18N2O4. The second-order valence-electron chi connectivity index (χ2n) is 5.56. The van der Waals surface area contributed by atoms with E-state index in [2.05, 4.69) is 0 Å². The number of para-hydroxylation sites is 1. The average molecular weight is 290 g/mol. The van der Waals surface area contributed by atoms with Gasteiger partial charge in [-0.15, -0.1) is 0 Å². The van der Waals surface area contributed by atoms with Crippen molar-refractivity contribution in [3.63, 3.8) is 0 Å². The molecule has 0 spiro atoms. The van der Waals surface area contributed by atoms with E-state index in [1.54, 1.807) is 11.0 Å². The summed E-state index contributed by atoms with van der Waals surface area (Å²) in [4.78, 5) is 27.2. The van der Waals surface area contributed by atoms with Gasteiger partial charge < -0.3 is 15.1 Å². The number of aliphatic carboxylic acids is 1. The fraction of sp³-hybridized carbons (Fsp3) is 0.467. The Labute approximate surface area is 122 Å². The number of likely N-dealkylation sites (tertiary alicyclic amines) is 1. The first kappa shape index (κ1) is 13.9. The van der Waals surface area contributed by atoms with Crippen LogP contribution in [0.25, 0.3) is 0 Å². The third-order valence-electron chi connectivity index (χ3n) is 4.20. The molecule has 1 fully saturated rings. The third kappa shape index (κ3) is 2.47. The van der Waals surface area contributed by atoms with Gasteiger partial charge in [0.25, 0.3) is 0 Å². The van der Waals surface area contributed by atoms with Crippen molar-refractivity contribution in [2.45, 2.75) is 31.4 Å². The molecule has 0 aliphatic carbocycles. The highest BCUT2D eigenvalue weighted by molar-refractivity contribution is 6.01. The smallest absolute Gasteiger partial charge is 0.327 e. The lowest BCUT2D eigenvalue weighted by Gasteiger charge is -2.34. The zero-order valence-corrected chi connectivity index (χ0v) is 11.6. The number of carboxylic acid groups (broad SMARTS) is 1. The van der Waals surface area contributed by atoms with Gasteiger partial charge in [0.15, 0.2) is 0 Å². The lowest BCUT2D eigenvalue weighted by Crippen LogP contribution is -2.52. The summed E-state index contributed by atoms with van der Waals surface area (Å²) in [5, 5.41) is 18.9. The second-order valence-corrected chi connectivity index (χ2v) is 5.56. The molecule has 112 valence electrons. The first-order chi connectivity index (χ1) is 10.1. The van der Waals surface area contributed by atoms with E-state index in [0.29, 0.717) is 38.0 Å². The molecule has 0 saturated carbocycles. The normalized spacial score (nSPS) is 22.2. The van der Waals surface area contributed by atoms with Gasteiger partial charge in [-0.1, -0.05) is 18.2 Å². The topological polar surface area (TPSA) is 81.1 Å². The van der Waals surface area contributed by atoms with Crippen molar-refractivity contribution in [2.24, 2.45) is 0 Å². The molecule has 1 unspecified atom stereocenters. The molecule has 0 bridgehead atoms. The predicted molar refractivity (Wildman–Crippen MR) is 76.3 cm³/mol. The van der Waals surface area contributed by atoms with Crippen LogP contribution in [0, 0.1) is 0 Å². The highest BCUT2D eigenvalue weighted by atomic mass is 16.4. The summed E-state index contributed by atoms with van der Waals surface area (Å²) >= 11 is 0. The van der Waals surface area contributed by atoms with Gasteiger partial charge >= 0.3 is 12.0 Å². The maximum absolute atomic E-state index is 12.7. The predicted octanol–water partition coefficient (Wildman–Crippen LogP) is 1.08. The van der Waals surface area contributed by atoms with Crippen molar-refractivity contribution in [1.82, 2.24) is 4.90 Å². The molecule has 2 aliphatic rings. The van der Waals surface area contributed by atoms with Crippen LogP contribution < -0.4 is 4.90 Å². The molecule has 1 aromatic rings. The van der Waals surface area contributed by atoms with Gasteiger partial charge in [0, 0.05) is 25.2 Å². The number of rotatable bonds is 1. The molecule has 1 aromatic carbocycles. The van der Waals surface area contributed by atoms with E-state index in [9.17, 15) is 19.8 Å². The number of carboxylic acids is 1. The first-order valence-electron chi connectivity index (χ1n) is 7.15. The second kappa shape index (κ2) is 5.37. The number of fused-ring (bicyclic) bond motifs is 1. The van der Waals surface area contributed by atoms with E-state index < -0.39 is 12.0 Å². The number of amides is 2. The van der Waals surface area contributed by atoms with Gasteiger partial charge in [0.1, 0.15) is 6.04 Å². The fourth-order valence-corrected chi connectivity index (χ4v) is 3.03. The van der Waals surface area contributed by atoms with Crippen LogP contribution in [-0.2, 0) is 11.2 Å². The number of nitrogens with zero attached hydrogens (tertiary/aromatic N) is 2. The minimum Gasteiger partial charge on any atom is -0.480 e. The SMILES string of the molecule is O=C(O)C1Cc2ccccc2N1C(=O)N1CCC(O)CC1. The molecule has 2 N–H and O–H groups in total. The fourth-order valence-electron chi connectivity index (χ4n) is 3.03. The number of hydrogen-bond donors (Lipinski definition) is 2. The van der Waals surface area contributed by atoms with Crippen LogP contribution in [0.5, 0.6) is 0 Å². The Balaban J connectivity index is 1.87. The molecule has 2 amide bonds. The van der Waals surface area contributed by atoms with Crippen LogP contribution in [0.15, 0.2) is 24.3 Å². The maximum Gasteiger partial charge on any atom is 0.327 e. The zero-order chi connectivity index (χ0) is 15.0. The summed E-state index contributed by atoms with van der Waals surface area (Å²) in [6, 6.07) is 6.18. The molecule has 21 heavy (non-hydrogen) atoms. The van der Waals surface area contributed by atoms with Crippen molar-refractivity contribution in [1.29, 1.82) is 0 Å². The molecule has 1 atom stereocenters. The Morgan fingerprint density at radius 2 is 1.81 bits per heavy atom. The number of urea groups is 1. The lowest BCUT2D eigenvalue weighted by molar-refractivity contribution is -0.138. The maximum atomic E-state index is 12.7. The number of aliphatic hydroxyl groups excluding tert-OH is 1. The minimum atomic E-state index is -0.989. The molecule has 1 saturated heterocycles. The summed E-state index contributed by atoms with van der Waals surface area (Å²) in [6.45, 7) is 0.927. The van der Waals surface area contributed by atoms with Gasteiger partial charge in [-0.05, 0) is 24.5 Å². The van der Waals surface area contributed by atoms with Crippen molar-refractivity contribution < 1.29 is 19.8 Å². The van der Waals surface area contributed by atoms with Gasteiger partial charge in [-0.2, -0.15) is 0 Å². The van der Waals surface area contributed by atoms with Crippen molar-refractivity contribution in [3.05, 3.63) is 29.8 Å². The Hall–Kier alpha value is -2.08. The highest BCUT2D eigenvalue weighted by Gasteiger charge is 2.40. The van der Waals surface area contributed by atoms with Crippen LogP contribution in [-0.4, -0.2) is 52.3 Å². The number of anilines is 1. The Morgan fingerprint density at radius 1 is 1.14 bits per heavy atom. The van der Waals surface area contributed by atoms with Gasteiger partial charge in [-0.3, -0.25) is 4.90 Å². The van der Waals surface area contributed by atoms with Crippen molar-refractivity contribution in [2.75, 3.05) is 18.0 Å². The van der Waals surface area contributed by atoms with Gasteiger partial charge in [0.2, 0.25) is 0 Å². The summed E-state index contributed by atoms with van der Waals surface area (Å²) in [6.07, 6.45) is 1.06. The van der Waals surface area contributed by atoms with E-state index >= 15 is 0 Å². The van der Waals surface area contributed by atoms with Crippen LogP contribution in [0.3, 0.4) is 0 Å². The summed E-state index contributed by atoms with van der Waals surface area (Å²) in [7, 11) is 0. The number of carbonyl (C=O) groups excluding carboxylic acids is 1. The number of carbonyl (C=O) groups is 2. The average Bonchev–Trinajstić information content (AvgIpc) is 2.87.